The maximum atomic E-state index is 12.2. The number of fused-ring (bicyclic) bond motifs is 1. The molecule has 1 heterocycles. The molecule has 1 amide bonds. The van der Waals surface area contributed by atoms with Crippen molar-refractivity contribution in [2.24, 2.45) is 4.99 Å². The van der Waals surface area contributed by atoms with E-state index >= 15 is 0 Å². The molecule has 0 N–H and O–H groups in total. The summed E-state index contributed by atoms with van der Waals surface area (Å²) >= 11 is 19.3. The Morgan fingerprint density at radius 1 is 1.16 bits per heavy atom. The molecule has 0 bridgehead atoms. The monoisotopic (exact) mass is 414 g/mol. The number of hydrogen-bond donors (Lipinski definition) is 0. The SMILES string of the molecule is CCn1c(=NC(=O)COc2ccc(Cl)cc2Cl)sc2cc(Cl)ccc21. The van der Waals surface area contributed by atoms with Gasteiger partial charge in [-0.1, -0.05) is 46.1 Å². The van der Waals surface area contributed by atoms with Crippen LogP contribution in [0.2, 0.25) is 15.1 Å². The Labute approximate surface area is 163 Å². The zero-order valence-corrected chi connectivity index (χ0v) is 16.2. The molecule has 0 aliphatic carbocycles. The summed E-state index contributed by atoms with van der Waals surface area (Å²) in [5.74, 6) is -0.00743. The van der Waals surface area contributed by atoms with Crippen LogP contribution in [-0.2, 0) is 11.3 Å². The number of benzene rings is 2. The van der Waals surface area contributed by atoms with Gasteiger partial charge in [0.1, 0.15) is 5.75 Å². The lowest BCUT2D eigenvalue weighted by Crippen LogP contribution is -2.18. The van der Waals surface area contributed by atoms with Gasteiger partial charge in [0.2, 0.25) is 0 Å². The van der Waals surface area contributed by atoms with Crippen molar-refractivity contribution in [3.63, 3.8) is 0 Å². The smallest absolute Gasteiger partial charge is 0.286 e. The second-order valence-corrected chi connectivity index (χ2v) is 7.40. The highest BCUT2D eigenvalue weighted by atomic mass is 35.5. The van der Waals surface area contributed by atoms with Crippen LogP contribution >= 0.6 is 46.1 Å². The van der Waals surface area contributed by atoms with Crippen molar-refractivity contribution < 1.29 is 9.53 Å². The van der Waals surface area contributed by atoms with E-state index in [1.165, 1.54) is 11.3 Å². The maximum absolute atomic E-state index is 12.2. The van der Waals surface area contributed by atoms with Crippen LogP contribution in [0.25, 0.3) is 10.2 Å². The van der Waals surface area contributed by atoms with Crippen molar-refractivity contribution in [1.29, 1.82) is 0 Å². The molecule has 0 unspecified atom stereocenters. The fourth-order valence-corrected chi connectivity index (χ4v) is 4.16. The third kappa shape index (κ3) is 4.18. The zero-order chi connectivity index (χ0) is 18.0. The lowest BCUT2D eigenvalue weighted by molar-refractivity contribution is -0.120. The molecule has 0 aliphatic heterocycles. The summed E-state index contributed by atoms with van der Waals surface area (Å²) in [5, 5.41) is 1.50. The maximum Gasteiger partial charge on any atom is 0.286 e. The summed E-state index contributed by atoms with van der Waals surface area (Å²) in [5.41, 5.74) is 0.991. The number of carbonyl (C=O) groups is 1. The molecule has 130 valence electrons. The molecular formula is C17H13Cl3N2O2S. The van der Waals surface area contributed by atoms with Gasteiger partial charge in [0.05, 0.1) is 15.2 Å². The van der Waals surface area contributed by atoms with Crippen LogP contribution in [0.1, 0.15) is 6.92 Å². The van der Waals surface area contributed by atoms with E-state index in [2.05, 4.69) is 4.99 Å². The number of rotatable bonds is 4. The first-order valence-corrected chi connectivity index (χ1v) is 9.37. The van der Waals surface area contributed by atoms with Crippen LogP contribution in [-0.4, -0.2) is 17.1 Å². The minimum Gasteiger partial charge on any atom is -0.482 e. The van der Waals surface area contributed by atoms with Crippen LogP contribution in [0.4, 0.5) is 0 Å². The summed E-state index contributed by atoms with van der Waals surface area (Å²) in [4.78, 5) is 17.0. The Morgan fingerprint density at radius 3 is 2.60 bits per heavy atom. The van der Waals surface area contributed by atoms with E-state index < -0.39 is 5.91 Å². The predicted octanol–water partition coefficient (Wildman–Crippen LogP) is 5.19. The van der Waals surface area contributed by atoms with Gasteiger partial charge in [0.15, 0.2) is 11.4 Å². The zero-order valence-electron chi connectivity index (χ0n) is 13.1. The first-order valence-electron chi connectivity index (χ1n) is 7.42. The third-order valence-electron chi connectivity index (χ3n) is 3.43. The van der Waals surface area contributed by atoms with Crippen molar-refractivity contribution in [3.8, 4) is 5.75 Å². The predicted molar refractivity (Wildman–Crippen MR) is 103 cm³/mol. The minimum atomic E-state index is -0.397. The Balaban J connectivity index is 1.84. The molecule has 0 saturated heterocycles. The fourth-order valence-electron chi connectivity index (χ4n) is 2.31. The number of amides is 1. The average molecular weight is 416 g/mol. The van der Waals surface area contributed by atoms with Gasteiger partial charge in [-0.15, -0.1) is 0 Å². The molecular weight excluding hydrogens is 403 g/mol. The Kier molecular flexibility index (Phi) is 5.69. The number of nitrogens with zero attached hydrogens (tertiary/aromatic N) is 2. The lowest BCUT2D eigenvalue weighted by Gasteiger charge is -2.05. The van der Waals surface area contributed by atoms with Crippen molar-refractivity contribution >= 4 is 62.3 Å². The van der Waals surface area contributed by atoms with Gasteiger partial charge < -0.3 is 9.30 Å². The second-order valence-electron chi connectivity index (χ2n) is 5.11. The number of carbonyl (C=O) groups excluding carboxylic acids is 1. The van der Waals surface area contributed by atoms with Crippen LogP contribution in [0.15, 0.2) is 41.4 Å². The second kappa shape index (κ2) is 7.79. The molecule has 0 spiro atoms. The van der Waals surface area contributed by atoms with Gasteiger partial charge in [-0.25, -0.2) is 0 Å². The van der Waals surface area contributed by atoms with Crippen molar-refractivity contribution in [2.45, 2.75) is 13.5 Å². The number of aromatic nitrogens is 1. The van der Waals surface area contributed by atoms with E-state index in [-0.39, 0.29) is 6.61 Å². The molecule has 0 aliphatic rings. The van der Waals surface area contributed by atoms with Crippen LogP contribution < -0.4 is 9.54 Å². The normalized spacial score (nSPS) is 11.9. The summed E-state index contributed by atoms with van der Waals surface area (Å²) in [7, 11) is 0. The highest BCUT2D eigenvalue weighted by Crippen LogP contribution is 2.27. The van der Waals surface area contributed by atoms with E-state index in [1.54, 1.807) is 18.2 Å². The number of ether oxygens (including phenoxy) is 1. The summed E-state index contributed by atoms with van der Waals surface area (Å²) < 4.78 is 8.37. The highest BCUT2D eigenvalue weighted by Gasteiger charge is 2.09. The van der Waals surface area contributed by atoms with E-state index in [4.69, 9.17) is 39.5 Å². The van der Waals surface area contributed by atoms with Crippen molar-refractivity contribution in [1.82, 2.24) is 4.57 Å². The Hall–Kier alpha value is -1.53. The Morgan fingerprint density at radius 2 is 1.88 bits per heavy atom. The molecule has 0 atom stereocenters. The summed E-state index contributed by atoms with van der Waals surface area (Å²) in [6.07, 6.45) is 0. The molecule has 0 radical (unpaired) electrons. The molecule has 2 aromatic carbocycles. The number of halogens is 3. The largest absolute Gasteiger partial charge is 0.482 e. The molecule has 3 rings (SSSR count). The van der Waals surface area contributed by atoms with E-state index in [0.29, 0.717) is 32.2 Å². The number of hydrogen-bond acceptors (Lipinski definition) is 3. The van der Waals surface area contributed by atoms with Crippen LogP contribution in [0.5, 0.6) is 5.75 Å². The van der Waals surface area contributed by atoms with Crippen molar-refractivity contribution in [2.75, 3.05) is 6.61 Å². The number of aryl methyl sites for hydroxylation is 1. The molecule has 25 heavy (non-hydrogen) atoms. The van der Waals surface area contributed by atoms with Gasteiger partial charge in [-0.2, -0.15) is 4.99 Å². The van der Waals surface area contributed by atoms with Gasteiger partial charge in [0.25, 0.3) is 5.91 Å². The molecule has 4 nitrogen and oxygen atoms in total. The van der Waals surface area contributed by atoms with Crippen molar-refractivity contribution in [3.05, 3.63) is 56.3 Å². The molecule has 3 aromatic rings. The first kappa shape index (κ1) is 18.3. The average Bonchev–Trinajstić information content (AvgIpc) is 2.89. The number of thiazole rings is 1. The van der Waals surface area contributed by atoms with Gasteiger partial charge >= 0.3 is 0 Å². The topological polar surface area (TPSA) is 43.6 Å². The van der Waals surface area contributed by atoms with Crippen LogP contribution in [0.3, 0.4) is 0 Å². The third-order valence-corrected chi connectivity index (χ3v) is 5.23. The molecule has 8 heteroatoms. The van der Waals surface area contributed by atoms with E-state index in [1.807, 2.05) is 29.7 Å². The molecule has 0 fully saturated rings. The summed E-state index contributed by atoms with van der Waals surface area (Å²) in [6.45, 7) is 2.48. The standard InChI is InChI=1S/C17H13Cl3N2O2S/c1-2-22-13-5-3-11(19)8-15(13)25-17(22)21-16(23)9-24-14-6-4-10(18)7-12(14)20/h3-8H,2,9H2,1H3. The van der Waals surface area contributed by atoms with Gasteiger partial charge in [-0.3, -0.25) is 4.79 Å². The van der Waals surface area contributed by atoms with Gasteiger partial charge in [-0.05, 0) is 43.3 Å². The highest BCUT2D eigenvalue weighted by molar-refractivity contribution is 7.16. The minimum absolute atomic E-state index is 0.208. The Bertz CT molecular complexity index is 1010. The van der Waals surface area contributed by atoms with Crippen LogP contribution in [0, 0.1) is 0 Å². The molecule has 1 aromatic heterocycles. The van der Waals surface area contributed by atoms with Gasteiger partial charge in [0, 0.05) is 16.6 Å². The fraction of sp³-hybridized carbons (Fsp3) is 0.176. The quantitative estimate of drug-likeness (QED) is 0.588. The lowest BCUT2D eigenvalue weighted by atomic mass is 10.3. The van der Waals surface area contributed by atoms with E-state index in [0.717, 1.165) is 10.2 Å². The molecule has 0 saturated carbocycles. The van der Waals surface area contributed by atoms with E-state index in [9.17, 15) is 4.79 Å². The first-order chi connectivity index (χ1) is 12.0. The summed E-state index contributed by atoms with van der Waals surface area (Å²) in [6, 6.07) is 10.4.